The number of halogens is 3. The molecule has 5 nitrogen and oxygen atoms in total. The Balaban J connectivity index is 3.35. The van der Waals surface area contributed by atoms with Gasteiger partial charge in [-0.3, -0.25) is 4.79 Å². The highest BCUT2D eigenvalue weighted by molar-refractivity contribution is 7.99. The molecule has 0 heterocycles. The predicted molar refractivity (Wildman–Crippen MR) is 61.7 cm³/mol. The maximum Gasteiger partial charge on any atom is 0.397 e. The highest BCUT2D eigenvalue weighted by Gasteiger charge is 2.26. The van der Waals surface area contributed by atoms with E-state index in [-0.39, 0.29) is 25.3 Å². The molecule has 0 saturated heterocycles. The van der Waals surface area contributed by atoms with Crippen molar-refractivity contribution in [3.8, 4) is 0 Å². The number of nitrogens with one attached hydrogen (secondary N) is 2. The van der Waals surface area contributed by atoms with E-state index in [4.69, 9.17) is 5.11 Å². The summed E-state index contributed by atoms with van der Waals surface area (Å²) in [6.45, 7) is 0.347. The number of carbonyl (C=O) groups excluding carboxylic acids is 1. The Labute approximate surface area is 106 Å². The first-order chi connectivity index (χ1) is 8.31. The molecular weight excluding hydrogens is 273 g/mol. The van der Waals surface area contributed by atoms with Gasteiger partial charge in [-0.2, -0.15) is 24.9 Å². The van der Waals surface area contributed by atoms with Crippen LogP contribution in [0.1, 0.15) is 12.8 Å². The van der Waals surface area contributed by atoms with Gasteiger partial charge < -0.3 is 15.7 Å². The zero-order valence-electron chi connectivity index (χ0n) is 9.55. The Morgan fingerprint density at radius 3 is 2.33 bits per heavy atom. The molecule has 0 atom stereocenters. The number of carbonyl (C=O) groups is 2. The maximum atomic E-state index is 11.7. The maximum absolute atomic E-state index is 11.7. The fourth-order valence-corrected chi connectivity index (χ4v) is 1.55. The zero-order chi connectivity index (χ0) is 14.0. The average Bonchev–Trinajstić information content (AvgIpc) is 2.22. The van der Waals surface area contributed by atoms with Gasteiger partial charge in [-0.25, -0.2) is 4.79 Å². The second-order valence-electron chi connectivity index (χ2n) is 3.35. The third kappa shape index (κ3) is 12.9. The van der Waals surface area contributed by atoms with Gasteiger partial charge in [0.25, 0.3) is 0 Å². The number of thioether (sulfide) groups is 1. The van der Waals surface area contributed by atoms with Crippen molar-refractivity contribution in [2.24, 2.45) is 0 Å². The highest BCUT2D eigenvalue weighted by atomic mass is 32.2. The van der Waals surface area contributed by atoms with Crippen molar-refractivity contribution < 1.29 is 27.9 Å². The molecule has 0 radical (unpaired) electrons. The minimum atomic E-state index is -4.19. The highest BCUT2D eigenvalue weighted by Crippen LogP contribution is 2.20. The molecule has 0 aromatic rings. The monoisotopic (exact) mass is 288 g/mol. The number of amides is 2. The predicted octanol–water partition coefficient (Wildman–Crippen LogP) is 1.45. The SMILES string of the molecule is O=C(O)CCCNC(=O)NCCSCC(F)(F)F. The number of hydrogen-bond donors (Lipinski definition) is 3. The van der Waals surface area contributed by atoms with Gasteiger partial charge in [0, 0.05) is 25.3 Å². The van der Waals surface area contributed by atoms with Crippen LogP contribution in [0.2, 0.25) is 0 Å². The fraction of sp³-hybridized carbons (Fsp3) is 0.778. The second kappa shape index (κ2) is 8.90. The van der Waals surface area contributed by atoms with Crippen LogP contribution in [0.3, 0.4) is 0 Å². The summed E-state index contributed by atoms with van der Waals surface area (Å²) >= 11 is 0.689. The van der Waals surface area contributed by atoms with Gasteiger partial charge in [-0.1, -0.05) is 0 Å². The van der Waals surface area contributed by atoms with E-state index in [2.05, 4.69) is 10.6 Å². The lowest BCUT2D eigenvalue weighted by Gasteiger charge is -2.08. The summed E-state index contributed by atoms with van der Waals surface area (Å²) in [5, 5.41) is 13.1. The van der Waals surface area contributed by atoms with Crippen molar-refractivity contribution in [1.29, 1.82) is 0 Å². The lowest BCUT2D eigenvalue weighted by Crippen LogP contribution is -2.37. The van der Waals surface area contributed by atoms with Gasteiger partial charge in [0.2, 0.25) is 0 Å². The summed E-state index contributed by atoms with van der Waals surface area (Å²) in [7, 11) is 0. The van der Waals surface area contributed by atoms with E-state index in [0.29, 0.717) is 18.2 Å². The Bertz CT molecular complexity index is 274. The Morgan fingerprint density at radius 2 is 1.78 bits per heavy atom. The van der Waals surface area contributed by atoms with Crippen molar-refractivity contribution in [2.45, 2.75) is 19.0 Å². The van der Waals surface area contributed by atoms with E-state index in [1.54, 1.807) is 0 Å². The first kappa shape index (κ1) is 16.9. The van der Waals surface area contributed by atoms with E-state index in [0.717, 1.165) is 0 Å². The topological polar surface area (TPSA) is 78.4 Å². The molecule has 0 aliphatic rings. The van der Waals surface area contributed by atoms with E-state index in [9.17, 15) is 22.8 Å². The van der Waals surface area contributed by atoms with Gasteiger partial charge in [0.15, 0.2) is 0 Å². The molecule has 18 heavy (non-hydrogen) atoms. The molecule has 0 aliphatic heterocycles. The number of carboxylic acids is 1. The molecule has 0 fully saturated rings. The molecular formula is C9H15F3N2O3S. The number of hydrogen-bond acceptors (Lipinski definition) is 3. The summed E-state index contributed by atoms with van der Waals surface area (Å²) in [4.78, 5) is 21.2. The molecule has 0 spiro atoms. The minimum absolute atomic E-state index is 0.0400. The van der Waals surface area contributed by atoms with Crippen LogP contribution in [0.5, 0.6) is 0 Å². The van der Waals surface area contributed by atoms with E-state index in [1.165, 1.54) is 0 Å². The average molecular weight is 288 g/mol. The van der Waals surface area contributed by atoms with Crippen LogP contribution < -0.4 is 10.6 Å². The second-order valence-corrected chi connectivity index (χ2v) is 4.45. The van der Waals surface area contributed by atoms with E-state index < -0.39 is 23.9 Å². The number of alkyl halides is 3. The van der Waals surface area contributed by atoms with Crippen LogP contribution in [0.4, 0.5) is 18.0 Å². The first-order valence-corrected chi connectivity index (χ1v) is 6.35. The molecule has 0 unspecified atom stereocenters. The Morgan fingerprint density at radius 1 is 1.17 bits per heavy atom. The van der Waals surface area contributed by atoms with Crippen molar-refractivity contribution in [3.63, 3.8) is 0 Å². The lowest BCUT2D eigenvalue weighted by atomic mass is 10.3. The molecule has 9 heteroatoms. The number of urea groups is 1. The van der Waals surface area contributed by atoms with Crippen LogP contribution in [0.15, 0.2) is 0 Å². The van der Waals surface area contributed by atoms with E-state index in [1.807, 2.05) is 0 Å². The van der Waals surface area contributed by atoms with Crippen molar-refractivity contribution in [2.75, 3.05) is 24.6 Å². The Kier molecular flexibility index (Phi) is 8.34. The smallest absolute Gasteiger partial charge is 0.397 e. The van der Waals surface area contributed by atoms with E-state index >= 15 is 0 Å². The molecule has 0 saturated carbocycles. The standard InChI is InChI=1S/C9H15F3N2O3S/c10-9(11,12)6-18-5-4-14-8(17)13-3-1-2-7(15)16/h1-6H2,(H,15,16)(H2,13,14,17). The lowest BCUT2D eigenvalue weighted by molar-refractivity contribution is -0.137. The van der Waals surface area contributed by atoms with Gasteiger partial charge in [0.1, 0.15) is 0 Å². The normalized spacial score (nSPS) is 11.1. The summed E-state index contributed by atoms with van der Waals surface area (Å²) in [5.74, 6) is -1.71. The minimum Gasteiger partial charge on any atom is -0.481 e. The van der Waals surface area contributed by atoms with Gasteiger partial charge in [0.05, 0.1) is 5.75 Å². The molecule has 0 aromatic heterocycles. The third-order valence-electron chi connectivity index (χ3n) is 1.65. The summed E-state index contributed by atoms with van der Waals surface area (Å²) in [5.41, 5.74) is 0. The molecule has 0 aromatic carbocycles. The van der Waals surface area contributed by atoms with Crippen LogP contribution in [-0.4, -0.2) is 47.9 Å². The fourth-order valence-electron chi connectivity index (χ4n) is 0.929. The summed E-state index contributed by atoms with van der Waals surface area (Å²) in [6.07, 6.45) is -3.92. The number of rotatable bonds is 8. The largest absolute Gasteiger partial charge is 0.481 e. The quantitative estimate of drug-likeness (QED) is 0.591. The molecule has 3 N–H and O–H groups in total. The molecule has 2 amide bonds. The molecule has 0 aliphatic carbocycles. The Hall–Kier alpha value is -1.12. The third-order valence-corrected chi connectivity index (χ3v) is 2.67. The van der Waals surface area contributed by atoms with Crippen molar-refractivity contribution >= 4 is 23.8 Å². The first-order valence-electron chi connectivity index (χ1n) is 5.19. The molecule has 106 valence electrons. The van der Waals surface area contributed by atoms with Crippen molar-refractivity contribution in [3.05, 3.63) is 0 Å². The van der Waals surface area contributed by atoms with Crippen molar-refractivity contribution in [1.82, 2.24) is 10.6 Å². The molecule has 0 bridgehead atoms. The van der Waals surface area contributed by atoms with Gasteiger partial charge >= 0.3 is 18.2 Å². The number of aliphatic carboxylic acids is 1. The van der Waals surface area contributed by atoms with Gasteiger partial charge in [-0.05, 0) is 6.42 Å². The van der Waals surface area contributed by atoms with Crippen LogP contribution >= 0.6 is 11.8 Å². The zero-order valence-corrected chi connectivity index (χ0v) is 10.4. The summed E-state index contributed by atoms with van der Waals surface area (Å²) in [6, 6.07) is -0.506. The summed E-state index contributed by atoms with van der Waals surface area (Å²) < 4.78 is 35.2. The van der Waals surface area contributed by atoms with Crippen LogP contribution in [0, 0.1) is 0 Å². The number of carboxylic acid groups (broad SMARTS) is 1. The van der Waals surface area contributed by atoms with Crippen LogP contribution in [0.25, 0.3) is 0 Å². The van der Waals surface area contributed by atoms with Crippen LogP contribution in [-0.2, 0) is 4.79 Å². The molecule has 0 rings (SSSR count). The van der Waals surface area contributed by atoms with Gasteiger partial charge in [-0.15, -0.1) is 0 Å².